The molecule has 0 aromatic heterocycles. The zero-order chi connectivity index (χ0) is 20.5. The molecule has 0 heterocycles. The van der Waals surface area contributed by atoms with Crippen molar-refractivity contribution in [2.24, 2.45) is 0 Å². The molecular weight excluding hydrogens is 382 g/mol. The fraction of sp³-hybridized carbons (Fsp3) is 0.235. The molecule has 27 heavy (non-hydrogen) atoms. The van der Waals surface area contributed by atoms with Crippen LogP contribution < -0.4 is 9.84 Å². The Balaban J connectivity index is 2.20. The Labute approximate surface area is 148 Å². The Morgan fingerprint density at radius 1 is 0.963 bits per heavy atom. The molecule has 2 rings (SSSR count). The quantitative estimate of drug-likeness (QED) is 0.794. The van der Waals surface area contributed by atoms with Gasteiger partial charge in [-0.15, -0.1) is 0 Å². The van der Waals surface area contributed by atoms with E-state index in [2.05, 4.69) is 0 Å². The van der Waals surface area contributed by atoms with Gasteiger partial charge in [0, 0.05) is 5.56 Å². The maximum atomic E-state index is 12.8. The zero-order valence-electron chi connectivity index (χ0n) is 13.3. The van der Waals surface area contributed by atoms with E-state index in [4.69, 9.17) is 4.74 Å². The van der Waals surface area contributed by atoms with Crippen LogP contribution in [0.4, 0.5) is 26.3 Å². The molecular formula is C17H11F6O4-. The highest BCUT2D eigenvalue weighted by Crippen LogP contribution is 2.50. The van der Waals surface area contributed by atoms with E-state index >= 15 is 0 Å². The van der Waals surface area contributed by atoms with Crippen LogP contribution in [-0.2, 0) is 12.2 Å². The van der Waals surface area contributed by atoms with Crippen LogP contribution in [0.1, 0.15) is 21.5 Å². The van der Waals surface area contributed by atoms with Crippen LogP contribution in [0.25, 0.3) is 0 Å². The van der Waals surface area contributed by atoms with Gasteiger partial charge in [-0.1, -0.05) is 30.3 Å². The summed E-state index contributed by atoms with van der Waals surface area (Å²) in [7, 11) is 0. The molecule has 4 nitrogen and oxygen atoms in total. The third-order valence-electron chi connectivity index (χ3n) is 3.66. The van der Waals surface area contributed by atoms with Gasteiger partial charge in [0.05, 0.1) is 5.97 Å². The minimum atomic E-state index is -5.97. The number of ether oxygens (including phenoxy) is 1. The molecule has 0 saturated carbocycles. The highest BCUT2D eigenvalue weighted by Gasteiger charge is 2.71. The summed E-state index contributed by atoms with van der Waals surface area (Å²) < 4.78 is 82.0. The number of hydrogen-bond acceptors (Lipinski definition) is 4. The van der Waals surface area contributed by atoms with Crippen molar-refractivity contribution < 1.29 is 46.1 Å². The molecule has 0 aliphatic heterocycles. The number of halogens is 6. The molecule has 0 unspecified atom stereocenters. The lowest BCUT2D eigenvalue weighted by Crippen LogP contribution is -2.53. The Morgan fingerprint density at radius 3 is 2.00 bits per heavy atom. The topological polar surface area (TPSA) is 69.6 Å². The minimum absolute atomic E-state index is 0.0793. The minimum Gasteiger partial charge on any atom is -0.545 e. The molecule has 0 aliphatic rings. The highest BCUT2D eigenvalue weighted by atomic mass is 19.4. The Kier molecular flexibility index (Phi) is 5.41. The Morgan fingerprint density at radius 2 is 1.52 bits per heavy atom. The highest BCUT2D eigenvalue weighted by molar-refractivity contribution is 5.85. The molecule has 0 saturated heterocycles. The maximum absolute atomic E-state index is 12.8. The molecule has 0 radical (unpaired) electrons. The van der Waals surface area contributed by atoms with Crippen LogP contribution in [0, 0.1) is 0 Å². The summed E-state index contributed by atoms with van der Waals surface area (Å²) >= 11 is 0. The van der Waals surface area contributed by atoms with Gasteiger partial charge in [-0.05, 0) is 29.3 Å². The fourth-order valence-electron chi connectivity index (χ4n) is 2.24. The lowest BCUT2D eigenvalue weighted by Gasteiger charge is -2.32. The number of hydrogen-bond donors (Lipinski definition) is 1. The van der Waals surface area contributed by atoms with Crippen molar-refractivity contribution in [1.29, 1.82) is 0 Å². The molecule has 1 N–H and O–H groups in total. The second-order valence-electron chi connectivity index (χ2n) is 5.51. The third kappa shape index (κ3) is 4.16. The van der Waals surface area contributed by atoms with Gasteiger partial charge < -0.3 is 19.7 Å². The van der Waals surface area contributed by atoms with E-state index in [1.807, 2.05) is 0 Å². The van der Waals surface area contributed by atoms with Gasteiger partial charge in [0.1, 0.15) is 12.4 Å². The first kappa shape index (κ1) is 20.6. The fourth-order valence-corrected chi connectivity index (χ4v) is 2.24. The van der Waals surface area contributed by atoms with Crippen molar-refractivity contribution in [1.82, 2.24) is 0 Å². The lowest BCUT2D eigenvalue weighted by molar-refractivity contribution is -0.376. The predicted molar refractivity (Wildman–Crippen MR) is 77.6 cm³/mol. The summed E-state index contributed by atoms with van der Waals surface area (Å²) in [6, 6.07) is 8.02. The van der Waals surface area contributed by atoms with Crippen LogP contribution in [0.3, 0.4) is 0 Å². The molecule has 0 aliphatic carbocycles. The molecule has 146 valence electrons. The SMILES string of the molecule is O=C([O-])c1cccc(COc2ccc(C(O)(C(F)(F)F)C(F)(F)F)cc2)c1. The van der Waals surface area contributed by atoms with E-state index in [1.165, 1.54) is 24.3 Å². The number of alkyl halides is 6. The van der Waals surface area contributed by atoms with Crippen molar-refractivity contribution in [3.05, 3.63) is 65.2 Å². The number of benzene rings is 2. The number of carbonyl (C=O) groups excluding carboxylic acids is 1. The van der Waals surface area contributed by atoms with Gasteiger partial charge in [-0.3, -0.25) is 0 Å². The van der Waals surface area contributed by atoms with Gasteiger partial charge in [-0.25, -0.2) is 0 Å². The second-order valence-corrected chi connectivity index (χ2v) is 5.51. The summed E-state index contributed by atoms with van der Waals surface area (Å²) in [5.41, 5.74) is -6.15. The molecule has 0 atom stereocenters. The van der Waals surface area contributed by atoms with Crippen molar-refractivity contribution in [2.45, 2.75) is 24.6 Å². The largest absolute Gasteiger partial charge is 0.545 e. The number of carboxylic acids is 1. The van der Waals surface area contributed by atoms with Crippen LogP contribution in [-0.4, -0.2) is 23.4 Å². The molecule has 0 bridgehead atoms. The maximum Gasteiger partial charge on any atom is 0.430 e. The standard InChI is InChI=1S/C17H12F6O4/c18-16(19,20)15(26,17(21,22)23)12-4-6-13(7-5-12)27-9-10-2-1-3-11(8-10)14(24)25/h1-8,26H,9H2,(H,24,25)/p-1. The summed E-state index contributed by atoms with van der Waals surface area (Å²) in [5, 5.41) is 20.0. The zero-order valence-corrected chi connectivity index (χ0v) is 13.3. The van der Waals surface area contributed by atoms with Crippen LogP contribution >= 0.6 is 0 Å². The van der Waals surface area contributed by atoms with E-state index in [9.17, 15) is 41.4 Å². The molecule has 2 aromatic rings. The second kappa shape index (κ2) is 7.10. The molecule has 0 spiro atoms. The average Bonchev–Trinajstić information content (AvgIpc) is 2.58. The van der Waals surface area contributed by atoms with E-state index in [0.29, 0.717) is 17.7 Å². The molecule has 0 fully saturated rings. The summed E-state index contributed by atoms with van der Waals surface area (Å²) in [4.78, 5) is 10.8. The van der Waals surface area contributed by atoms with Crippen LogP contribution in [0.15, 0.2) is 48.5 Å². The van der Waals surface area contributed by atoms with E-state index in [1.54, 1.807) is 0 Å². The number of aliphatic hydroxyl groups is 1. The Hall–Kier alpha value is -2.75. The molecule has 2 aromatic carbocycles. The van der Waals surface area contributed by atoms with Gasteiger partial charge in [0.15, 0.2) is 0 Å². The first-order chi connectivity index (χ1) is 12.4. The van der Waals surface area contributed by atoms with Crippen LogP contribution in [0.5, 0.6) is 5.75 Å². The predicted octanol–water partition coefficient (Wildman–Crippen LogP) is 2.94. The first-order valence-corrected chi connectivity index (χ1v) is 7.25. The van der Waals surface area contributed by atoms with Gasteiger partial charge in [0.2, 0.25) is 0 Å². The van der Waals surface area contributed by atoms with E-state index in [0.717, 1.165) is 12.1 Å². The number of rotatable bonds is 5. The smallest absolute Gasteiger partial charge is 0.430 e. The number of aromatic carboxylic acids is 1. The van der Waals surface area contributed by atoms with Crippen molar-refractivity contribution in [3.8, 4) is 5.75 Å². The van der Waals surface area contributed by atoms with Gasteiger partial charge in [0.25, 0.3) is 5.60 Å². The monoisotopic (exact) mass is 393 g/mol. The number of carboxylic acid groups (broad SMARTS) is 1. The van der Waals surface area contributed by atoms with Gasteiger partial charge >= 0.3 is 12.4 Å². The Bertz CT molecular complexity index is 797. The average molecular weight is 393 g/mol. The lowest BCUT2D eigenvalue weighted by atomic mass is 9.92. The normalized spacial score (nSPS) is 12.7. The first-order valence-electron chi connectivity index (χ1n) is 7.25. The van der Waals surface area contributed by atoms with Crippen molar-refractivity contribution in [3.63, 3.8) is 0 Å². The van der Waals surface area contributed by atoms with Gasteiger partial charge in [-0.2, -0.15) is 26.3 Å². The van der Waals surface area contributed by atoms with E-state index in [-0.39, 0.29) is 17.9 Å². The summed E-state index contributed by atoms with van der Waals surface area (Å²) in [5.74, 6) is -1.50. The van der Waals surface area contributed by atoms with E-state index < -0.39 is 29.5 Å². The summed E-state index contributed by atoms with van der Waals surface area (Å²) in [6.07, 6.45) is -11.9. The number of carbonyl (C=O) groups is 1. The summed E-state index contributed by atoms with van der Waals surface area (Å²) in [6.45, 7) is -0.191. The van der Waals surface area contributed by atoms with Crippen LogP contribution in [0.2, 0.25) is 0 Å². The molecule has 10 heteroatoms. The molecule has 0 amide bonds. The third-order valence-corrected chi connectivity index (χ3v) is 3.66. The van der Waals surface area contributed by atoms with Crippen molar-refractivity contribution in [2.75, 3.05) is 0 Å². The van der Waals surface area contributed by atoms with Crippen molar-refractivity contribution >= 4 is 5.97 Å².